The molecule has 0 aromatic heterocycles. The molecule has 6 nitrogen and oxygen atoms in total. The molecule has 1 aliphatic rings. The van der Waals surface area contributed by atoms with Crippen LogP contribution < -0.4 is 4.74 Å². The van der Waals surface area contributed by atoms with Gasteiger partial charge in [-0.15, -0.1) is 0 Å². The van der Waals surface area contributed by atoms with E-state index in [0.717, 1.165) is 0 Å². The number of methoxy groups -OCH3 is 2. The molecular formula is C13H15NO5. The van der Waals surface area contributed by atoms with Crippen LogP contribution in [0.15, 0.2) is 24.0 Å². The SMILES string of the molecule is COC1=C(OC)C(C)(C)Oc2ccc([N+](=O)[O-])cc21. The van der Waals surface area contributed by atoms with Gasteiger partial charge >= 0.3 is 0 Å². The number of ether oxygens (including phenoxy) is 3. The Kier molecular flexibility index (Phi) is 3.09. The normalized spacial score (nSPS) is 16.4. The third-order valence-electron chi connectivity index (χ3n) is 2.95. The molecule has 0 amide bonds. The van der Waals surface area contributed by atoms with Gasteiger partial charge in [-0.25, -0.2) is 0 Å². The van der Waals surface area contributed by atoms with Crippen LogP contribution in [0.3, 0.4) is 0 Å². The molecule has 2 rings (SSSR count). The van der Waals surface area contributed by atoms with Crippen molar-refractivity contribution in [3.63, 3.8) is 0 Å². The zero-order valence-corrected chi connectivity index (χ0v) is 11.2. The Morgan fingerprint density at radius 2 is 1.95 bits per heavy atom. The third-order valence-corrected chi connectivity index (χ3v) is 2.95. The first-order valence-electron chi connectivity index (χ1n) is 5.71. The molecule has 1 aromatic carbocycles. The highest BCUT2D eigenvalue weighted by Gasteiger charge is 2.38. The second-order valence-electron chi connectivity index (χ2n) is 4.62. The van der Waals surface area contributed by atoms with Crippen LogP contribution in [0.1, 0.15) is 19.4 Å². The summed E-state index contributed by atoms with van der Waals surface area (Å²) in [5.74, 6) is 1.49. The number of nitrogens with zero attached hydrogens (tertiary/aromatic N) is 1. The van der Waals surface area contributed by atoms with E-state index in [1.165, 1.54) is 26.4 Å². The minimum absolute atomic E-state index is 0.0212. The minimum Gasteiger partial charge on any atom is -0.493 e. The standard InChI is InChI=1S/C13H15NO5/c1-13(2)12(18-4)11(17-3)9-7-8(14(15)16)5-6-10(9)19-13/h5-7H,1-4H3. The Morgan fingerprint density at radius 3 is 2.47 bits per heavy atom. The summed E-state index contributed by atoms with van der Waals surface area (Å²) in [6.07, 6.45) is 0. The first-order valence-corrected chi connectivity index (χ1v) is 5.71. The quantitative estimate of drug-likeness (QED) is 0.620. The smallest absolute Gasteiger partial charge is 0.270 e. The molecular weight excluding hydrogens is 250 g/mol. The van der Waals surface area contributed by atoms with Crippen molar-refractivity contribution in [3.05, 3.63) is 39.6 Å². The minimum atomic E-state index is -0.691. The fourth-order valence-electron chi connectivity index (χ4n) is 2.16. The zero-order valence-electron chi connectivity index (χ0n) is 11.2. The van der Waals surface area contributed by atoms with Crippen LogP contribution in [0.5, 0.6) is 5.75 Å². The van der Waals surface area contributed by atoms with Crippen molar-refractivity contribution in [2.24, 2.45) is 0 Å². The van der Waals surface area contributed by atoms with Crippen molar-refractivity contribution in [1.29, 1.82) is 0 Å². The van der Waals surface area contributed by atoms with Gasteiger partial charge in [-0.2, -0.15) is 0 Å². The Morgan fingerprint density at radius 1 is 1.26 bits per heavy atom. The van der Waals surface area contributed by atoms with Gasteiger partial charge in [-0.3, -0.25) is 10.1 Å². The second kappa shape index (κ2) is 4.46. The molecule has 0 spiro atoms. The first kappa shape index (κ1) is 13.2. The summed E-state index contributed by atoms with van der Waals surface area (Å²) < 4.78 is 16.5. The van der Waals surface area contributed by atoms with Gasteiger partial charge in [0.25, 0.3) is 5.69 Å². The predicted molar refractivity (Wildman–Crippen MR) is 68.7 cm³/mol. The number of benzene rings is 1. The van der Waals surface area contributed by atoms with Crippen LogP contribution in [0.2, 0.25) is 0 Å². The monoisotopic (exact) mass is 265 g/mol. The van der Waals surface area contributed by atoms with E-state index in [9.17, 15) is 10.1 Å². The maximum atomic E-state index is 10.8. The maximum absolute atomic E-state index is 10.8. The number of hydrogen-bond donors (Lipinski definition) is 0. The molecule has 0 bridgehead atoms. The molecule has 0 radical (unpaired) electrons. The molecule has 0 unspecified atom stereocenters. The molecule has 0 saturated carbocycles. The number of rotatable bonds is 3. The van der Waals surface area contributed by atoms with Crippen LogP contribution in [0.4, 0.5) is 5.69 Å². The molecule has 1 aliphatic heterocycles. The number of fused-ring (bicyclic) bond motifs is 1. The Hall–Kier alpha value is -2.24. The lowest BCUT2D eigenvalue weighted by Crippen LogP contribution is -2.35. The second-order valence-corrected chi connectivity index (χ2v) is 4.62. The third kappa shape index (κ3) is 2.09. The highest BCUT2D eigenvalue weighted by molar-refractivity contribution is 5.72. The van der Waals surface area contributed by atoms with Gasteiger partial charge in [-0.05, 0) is 19.9 Å². The number of nitro groups is 1. The Balaban J connectivity index is 2.67. The van der Waals surface area contributed by atoms with Crippen LogP contribution in [-0.2, 0) is 9.47 Å². The van der Waals surface area contributed by atoms with Crippen molar-refractivity contribution in [3.8, 4) is 5.75 Å². The van der Waals surface area contributed by atoms with Gasteiger partial charge in [0.1, 0.15) is 5.75 Å². The average molecular weight is 265 g/mol. The van der Waals surface area contributed by atoms with Crippen LogP contribution >= 0.6 is 0 Å². The molecule has 0 N–H and O–H groups in total. The lowest BCUT2D eigenvalue weighted by Gasteiger charge is -2.34. The van der Waals surface area contributed by atoms with Crippen molar-refractivity contribution >= 4 is 11.4 Å². The lowest BCUT2D eigenvalue weighted by atomic mass is 9.97. The largest absolute Gasteiger partial charge is 0.493 e. The summed E-state index contributed by atoms with van der Waals surface area (Å²) in [6.45, 7) is 3.68. The van der Waals surface area contributed by atoms with Gasteiger partial charge < -0.3 is 14.2 Å². The fraction of sp³-hybridized carbons (Fsp3) is 0.385. The molecule has 102 valence electrons. The molecule has 0 aliphatic carbocycles. The number of non-ortho nitro benzene ring substituents is 1. The van der Waals surface area contributed by atoms with Crippen LogP contribution in [0, 0.1) is 10.1 Å². The maximum Gasteiger partial charge on any atom is 0.270 e. The lowest BCUT2D eigenvalue weighted by molar-refractivity contribution is -0.384. The topological polar surface area (TPSA) is 70.8 Å². The van der Waals surface area contributed by atoms with Crippen molar-refractivity contribution in [2.75, 3.05) is 14.2 Å². The van der Waals surface area contributed by atoms with E-state index in [2.05, 4.69) is 0 Å². The van der Waals surface area contributed by atoms with Crippen molar-refractivity contribution in [1.82, 2.24) is 0 Å². The number of nitro benzene ring substituents is 1. The Bertz CT molecular complexity index is 562. The highest BCUT2D eigenvalue weighted by atomic mass is 16.6. The first-order chi connectivity index (χ1) is 8.90. The van der Waals surface area contributed by atoms with E-state index in [1.54, 1.807) is 6.07 Å². The summed E-state index contributed by atoms with van der Waals surface area (Å²) in [5.41, 5.74) is -0.191. The van der Waals surface area contributed by atoms with E-state index in [1.807, 2.05) is 13.8 Å². The van der Waals surface area contributed by atoms with Crippen LogP contribution in [0.25, 0.3) is 5.76 Å². The van der Waals surface area contributed by atoms with Gasteiger partial charge in [0.2, 0.25) is 0 Å². The average Bonchev–Trinajstić information content (AvgIpc) is 2.35. The van der Waals surface area contributed by atoms with Gasteiger partial charge in [0, 0.05) is 12.1 Å². The highest BCUT2D eigenvalue weighted by Crippen LogP contribution is 2.42. The van der Waals surface area contributed by atoms with E-state index < -0.39 is 10.5 Å². The van der Waals surface area contributed by atoms with Crippen molar-refractivity contribution < 1.29 is 19.1 Å². The van der Waals surface area contributed by atoms with Gasteiger partial charge in [0.15, 0.2) is 17.1 Å². The van der Waals surface area contributed by atoms with E-state index in [0.29, 0.717) is 22.8 Å². The summed E-state index contributed by atoms with van der Waals surface area (Å²) in [4.78, 5) is 10.4. The number of hydrogen-bond acceptors (Lipinski definition) is 5. The fourth-order valence-corrected chi connectivity index (χ4v) is 2.16. The predicted octanol–water partition coefficient (Wildman–Crippen LogP) is 2.73. The molecule has 0 atom stereocenters. The molecule has 19 heavy (non-hydrogen) atoms. The van der Waals surface area contributed by atoms with Crippen LogP contribution in [-0.4, -0.2) is 24.7 Å². The molecule has 0 fully saturated rings. The van der Waals surface area contributed by atoms with Gasteiger partial charge in [-0.1, -0.05) is 0 Å². The van der Waals surface area contributed by atoms with E-state index in [4.69, 9.17) is 14.2 Å². The summed E-state index contributed by atoms with van der Waals surface area (Å²) in [6, 6.07) is 4.39. The van der Waals surface area contributed by atoms with E-state index >= 15 is 0 Å². The van der Waals surface area contributed by atoms with Crippen molar-refractivity contribution in [2.45, 2.75) is 19.4 Å². The Labute approximate surface area is 110 Å². The van der Waals surface area contributed by atoms with E-state index in [-0.39, 0.29) is 5.69 Å². The summed E-state index contributed by atoms with van der Waals surface area (Å²) >= 11 is 0. The van der Waals surface area contributed by atoms with Gasteiger partial charge in [0.05, 0.1) is 24.7 Å². The molecule has 1 heterocycles. The summed E-state index contributed by atoms with van der Waals surface area (Å²) in [5, 5.41) is 10.8. The zero-order chi connectivity index (χ0) is 14.2. The molecule has 6 heteroatoms. The molecule has 0 saturated heterocycles. The molecule has 1 aromatic rings. The summed E-state index contributed by atoms with van der Waals surface area (Å²) in [7, 11) is 3.01.